The lowest BCUT2D eigenvalue weighted by molar-refractivity contribution is 1.07. The molecule has 270 valence electrons. The zero-order chi connectivity index (χ0) is 38.2. The molecule has 0 saturated heterocycles. The van der Waals surface area contributed by atoms with Crippen molar-refractivity contribution in [1.29, 1.82) is 0 Å². The first-order valence-electron chi connectivity index (χ1n) is 19.6. The fourth-order valence-corrected chi connectivity index (χ4v) is 8.91. The van der Waals surface area contributed by atoms with Gasteiger partial charge in [0.05, 0.1) is 22.1 Å². The highest BCUT2D eigenvalue weighted by Gasteiger charge is 2.21. The van der Waals surface area contributed by atoms with E-state index in [2.05, 4.69) is 191 Å². The first-order valence-corrected chi connectivity index (χ1v) is 19.6. The molecule has 12 aromatic rings. The van der Waals surface area contributed by atoms with Gasteiger partial charge in [0.2, 0.25) is 0 Å². The van der Waals surface area contributed by atoms with Crippen LogP contribution in [0.25, 0.3) is 111 Å². The van der Waals surface area contributed by atoms with Crippen molar-refractivity contribution in [3.63, 3.8) is 0 Å². The normalized spacial score (nSPS) is 11.8. The highest BCUT2D eigenvalue weighted by Crippen LogP contribution is 2.42. The lowest BCUT2D eigenvalue weighted by Gasteiger charge is -2.11. The van der Waals surface area contributed by atoms with Crippen molar-refractivity contribution in [2.75, 3.05) is 0 Å². The van der Waals surface area contributed by atoms with E-state index in [9.17, 15) is 0 Å². The number of hydrogen-bond donors (Lipinski definition) is 0. The van der Waals surface area contributed by atoms with Gasteiger partial charge in [0, 0.05) is 49.6 Å². The summed E-state index contributed by atoms with van der Waals surface area (Å²) in [5.41, 5.74) is 9.75. The monoisotopic (exact) mass is 739 g/mol. The third-order valence-electron chi connectivity index (χ3n) is 11.5. The molecule has 3 aromatic heterocycles. The third kappa shape index (κ3) is 5.00. The van der Waals surface area contributed by atoms with E-state index in [4.69, 9.17) is 15.0 Å². The molecule has 0 bridgehead atoms. The van der Waals surface area contributed by atoms with Gasteiger partial charge in [0.25, 0.3) is 0 Å². The quantitative estimate of drug-likeness (QED) is 0.165. The fraction of sp³-hybridized carbons (Fsp3) is 0. The molecule has 0 N–H and O–H groups in total. The van der Waals surface area contributed by atoms with Crippen molar-refractivity contribution in [3.05, 3.63) is 200 Å². The predicted octanol–water partition coefficient (Wildman–Crippen LogP) is 13.4. The second-order valence-corrected chi connectivity index (χ2v) is 14.8. The Morgan fingerprint density at radius 2 is 0.724 bits per heavy atom. The van der Waals surface area contributed by atoms with Gasteiger partial charge in [-0.05, 0) is 88.3 Å². The van der Waals surface area contributed by atoms with Crippen molar-refractivity contribution >= 4 is 65.2 Å². The summed E-state index contributed by atoms with van der Waals surface area (Å²) in [5.74, 6) is 1.92. The number of aromatic nitrogens is 5. The maximum Gasteiger partial charge on any atom is 0.164 e. The zero-order valence-corrected chi connectivity index (χ0v) is 31.3. The molecule has 3 heterocycles. The summed E-state index contributed by atoms with van der Waals surface area (Å²) >= 11 is 0. The van der Waals surface area contributed by atoms with E-state index in [1.807, 2.05) is 18.2 Å². The van der Waals surface area contributed by atoms with Crippen LogP contribution in [0.5, 0.6) is 0 Å². The summed E-state index contributed by atoms with van der Waals surface area (Å²) < 4.78 is 4.77. The van der Waals surface area contributed by atoms with Gasteiger partial charge in [0.1, 0.15) is 0 Å². The number of nitrogens with zero attached hydrogens (tertiary/aromatic N) is 5. The Balaban J connectivity index is 1.02. The molecule has 0 saturated carbocycles. The summed E-state index contributed by atoms with van der Waals surface area (Å²) in [7, 11) is 0. The molecule has 0 unspecified atom stereocenters. The SMILES string of the molecule is c1ccc(-c2nc(-c3ccc(-n4c5ccccc5c5c6c7ccccc7n(-c7ccccc7)c6ccc54)cc3)nc(-c3ccc4c(ccc5ccccc54)c3)n2)cc1. The molecule has 5 nitrogen and oxygen atoms in total. The largest absolute Gasteiger partial charge is 0.309 e. The van der Waals surface area contributed by atoms with Gasteiger partial charge < -0.3 is 9.13 Å². The lowest BCUT2D eigenvalue weighted by Crippen LogP contribution is -2.00. The molecule has 0 aliphatic heterocycles. The second kappa shape index (κ2) is 12.8. The Bertz CT molecular complexity index is 3550. The van der Waals surface area contributed by atoms with Crippen LogP contribution in [0.4, 0.5) is 0 Å². The number of rotatable bonds is 5. The number of para-hydroxylation sites is 3. The van der Waals surface area contributed by atoms with E-state index in [0.29, 0.717) is 17.5 Å². The highest BCUT2D eigenvalue weighted by atomic mass is 15.0. The average Bonchev–Trinajstić information content (AvgIpc) is 3.82. The highest BCUT2D eigenvalue weighted by molar-refractivity contribution is 6.29. The molecule has 0 spiro atoms. The number of benzene rings is 9. The first kappa shape index (κ1) is 32.4. The van der Waals surface area contributed by atoms with Gasteiger partial charge in [0.15, 0.2) is 17.5 Å². The molecule has 0 atom stereocenters. The van der Waals surface area contributed by atoms with Crippen LogP contribution in [-0.2, 0) is 0 Å². The molecule has 0 amide bonds. The Morgan fingerprint density at radius 1 is 0.276 bits per heavy atom. The van der Waals surface area contributed by atoms with E-state index in [0.717, 1.165) is 44.5 Å². The van der Waals surface area contributed by atoms with Gasteiger partial charge >= 0.3 is 0 Å². The summed E-state index contributed by atoms with van der Waals surface area (Å²) in [5, 5.41) is 9.80. The molecule has 5 heteroatoms. The van der Waals surface area contributed by atoms with Gasteiger partial charge in [-0.25, -0.2) is 15.0 Å². The summed E-state index contributed by atoms with van der Waals surface area (Å²) in [6.07, 6.45) is 0. The summed E-state index contributed by atoms with van der Waals surface area (Å²) in [4.78, 5) is 15.2. The molecule has 0 aliphatic rings. The molecule has 12 rings (SSSR count). The molecule has 58 heavy (non-hydrogen) atoms. The Labute approximate surface area is 333 Å². The zero-order valence-electron chi connectivity index (χ0n) is 31.3. The Kier molecular flexibility index (Phi) is 7.16. The van der Waals surface area contributed by atoms with E-state index in [-0.39, 0.29) is 0 Å². The smallest absolute Gasteiger partial charge is 0.164 e. The van der Waals surface area contributed by atoms with Crippen LogP contribution in [0.3, 0.4) is 0 Å². The Hall–Kier alpha value is -7.89. The number of fused-ring (bicyclic) bond motifs is 10. The van der Waals surface area contributed by atoms with Crippen LogP contribution in [0.1, 0.15) is 0 Å². The average molecular weight is 740 g/mol. The van der Waals surface area contributed by atoms with Crippen LogP contribution in [-0.4, -0.2) is 24.1 Å². The van der Waals surface area contributed by atoms with Crippen LogP contribution in [0.15, 0.2) is 200 Å². The van der Waals surface area contributed by atoms with Crippen molar-refractivity contribution in [2.24, 2.45) is 0 Å². The lowest BCUT2D eigenvalue weighted by atomic mass is 10.00. The van der Waals surface area contributed by atoms with Crippen molar-refractivity contribution in [1.82, 2.24) is 24.1 Å². The minimum atomic E-state index is 0.631. The minimum Gasteiger partial charge on any atom is -0.309 e. The van der Waals surface area contributed by atoms with Crippen LogP contribution in [0.2, 0.25) is 0 Å². The summed E-state index contributed by atoms with van der Waals surface area (Å²) in [6, 6.07) is 70.9. The second-order valence-electron chi connectivity index (χ2n) is 14.8. The fourth-order valence-electron chi connectivity index (χ4n) is 8.91. The van der Waals surface area contributed by atoms with Gasteiger partial charge in [-0.3, -0.25) is 0 Å². The van der Waals surface area contributed by atoms with Gasteiger partial charge in [-0.15, -0.1) is 0 Å². The number of hydrogen-bond acceptors (Lipinski definition) is 3. The van der Waals surface area contributed by atoms with E-state index >= 15 is 0 Å². The standard InChI is InChI=1S/C53H33N5/c1-3-14-35(15-4-1)51-54-52(56-53(55-51)38-27-30-42-37(33-38)24-23-34-13-7-8-18-41(34)42)36-25-28-40(29-26-36)58-46-22-12-10-20-44(46)50-48(58)32-31-47-49(50)43-19-9-11-21-45(43)57(47)39-16-5-2-6-17-39/h1-33H. The Morgan fingerprint density at radius 3 is 1.36 bits per heavy atom. The van der Waals surface area contributed by atoms with E-state index < -0.39 is 0 Å². The van der Waals surface area contributed by atoms with E-state index in [1.54, 1.807) is 0 Å². The molecule has 0 aliphatic carbocycles. The third-order valence-corrected chi connectivity index (χ3v) is 11.5. The maximum absolute atomic E-state index is 5.12. The maximum atomic E-state index is 5.12. The predicted molar refractivity (Wildman–Crippen MR) is 240 cm³/mol. The first-order chi connectivity index (χ1) is 28.8. The summed E-state index contributed by atoms with van der Waals surface area (Å²) in [6.45, 7) is 0. The molecular formula is C53H33N5. The molecule has 0 fully saturated rings. The van der Waals surface area contributed by atoms with Crippen molar-refractivity contribution < 1.29 is 0 Å². The molecule has 0 radical (unpaired) electrons. The van der Waals surface area contributed by atoms with Gasteiger partial charge in [-0.2, -0.15) is 0 Å². The van der Waals surface area contributed by atoms with Crippen LogP contribution >= 0.6 is 0 Å². The topological polar surface area (TPSA) is 48.5 Å². The molecule has 9 aromatic carbocycles. The van der Waals surface area contributed by atoms with Crippen molar-refractivity contribution in [3.8, 4) is 45.5 Å². The van der Waals surface area contributed by atoms with Gasteiger partial charge in [-0.1, -0.05) is 133 Å². The van der Waals surface area contributed by atoms with E-state index in [1.165, 1.54) is 48.7 Å². The molecular weight excluding hydrogens is 707 g/mol. The van der Waals surface area contributed by atoms with Crippen molar-refractivity contribution in [2.45, 2.75) is 0 Å². The minimum absolute atomic E-state index is 0.631. The van der Waals surface area contributed by atoms with Crippen LogP contribution < -0.4 is 0 Å². The van der Waals surface area contributed by atoms with Crippen LogP contribution in [0, 0.1) is 0 Å².